The molecule has 0 aromatic carbocycles. The largest absolute Gasteiger partial charge is 0.380 e. The lowest BCUT2D eigenvalue weighted by Gasteiger charge is -2.16. The van der Waals surface area contributed by atoms with E-state index < -0.39 is 0 Å². The van der Waals surface area contributed by atoms with Gasteiger partial charge in [-0.25, -0.2) is 9.50 Å². The van der Waals surface area contributed by atoms with Crippen LogP contribution in [0.4, 0.5) is 5.82 Å². The predicted octanol–water partition coefficient (Wildman–Crippen LogP) is 1.72. The zero-order valence-electron chi connectivity index (χ0n) is 9.51. The molecule has 1 aliphatic heterocycles. The second-order valence-electron chi connectivity index (χ2n) is 4.13. The quantitative estimate of drug-likeness (QED) is 0.846. The van der Waals surface area contributed by atoms with Gasteiger partial charge in [-0.15, -0.1) is 5.10 Å². The van der Waals surface area contributed by atoms with Crippen LogP contribution in [0.5, 0.6) is 0 Å². The summed E-state index contributed by atoms with van der Waals surface area (Å²) < 4.78 is 8.03. The van der Waals surface area contributed by atoms with Crippen LogP contribution in [-0.4, -0.2) is 40.9 Å². The molecule has 3 rings (SSSR count). The van der Waals surface area contributed by atoms with Crippen LogP contribution in [0.15, 0.2) is 22.9 Å². The lowest BCUT2D eigenvalue weighted by atomic mass is 10.3. The third-order valence-electron chi connectivity index (χ3n) is 3.11. The van der Waals surface area contributed by atoms with Crippen molar-refractivity contribution in [2.24, 2.45) is 0 Å². The number of hydrogen-bond donors (Lipinski definition) is 0. The lowest BCUT2D eigenvalue weighted by molar-refractivity contribution is 0.121. The topological polar surface area (TPSA) is 42.7 Å². The van der Waals surface area contributed by atoms with Crippen LogP contribution in [0, 0.1) is 0 Å². The molecule has 0 amide bonds. The number of nitrogens with zero attached hydrogens (tertiary/aromatic N) is 4. The zero-order chi connectivity index (χ0) is 11.8. The molecule has 3 heterocycles. The molecule has 5 nitrogen and oxygen atoms in total. The Morgan fingerprint density at radius 3 is 3.12 bits per heavy atom. The van der Waals surface area contributed by atoms with Crippen molar-refractivity contribution < 1.29 is 4.74 Å². The number of ether oxygens (including phenoxy) is 1. The SMILES string of the molecule is CO[C@H]1CCN(c2ccc3ncc(Br)n3n2)C1. The standard InChI is InChI=1S/C11H13BrN4O/c1-17-8-4-5-15(7-8)11-3-2-10-13-6-9(12)16(10)14-11/h2-3,6,8H,4-5,7H2,1H3/t8-/m0/s1. The molecule has 0 radical (unpaired) electrons. The van der Waals surface area contributed by atoms with Crippen molar-refractivity contribution in [3.63, 3.8) is 0 Å². The molecular formula is C11H13BrN4O. The van der Waals surface area contributed by atoms with E-state index in [2.05, 4.69) is 30.9 Å². The Kier molecular flexibility index (Phi) is 2.76. The fourth-order valence-electron chi connectivity index (χ4n) is 2.13. The van der Waals surface area contributed by atoms with Crippen molar-refractivity contribution in [2.45, 2.75) is 12.5 Å². The van der Waals surface area contributed by atoms with Crippen LogP contribution in [0.2, 0.25) is 0 Å². The van der Waals surface area contributed by atoms with E-state index in [9.17, 15) is 0 Å². The van der Waals surface area contributed by atoms with Crippen molar-refractivity contribution in [1.82, 2.24) is 14.6 Å². The van der Waals surface area contributed by atoms with Crippen molar-refractivity contribution in [3.8, 4) is 0 Å². The fraction of sp³-hybridized carbons (Fsp3) is 0.455. The van der Waals surface area contributed by atoms with Gasteiger partial charge in [0.2, 0.25) is 0 Å². The highest BCUT2D eigenvalue weighted by atomic mass is 79.9. The van der Waals surface area contributed by atoms with Gasteiger partial charge in [0.15, 0.2) is 5.65 Å². The molecule has 0 N–H and O–H groups in total. The van der Waals surface area contributed by atoms with Gasteiger partial charge in [-0.05, 0) is 34.5 Å². The van der Waals surface area contributed by atoms with Gasteiger partial charge >= 0.3 is 0 Å². The molecule has 0 bridgehead atoms. The minimum atomic E-state index is 0.318. The average Bonchev–Trinajstić information content (AvgIpc) is 2.96. The molecular weight excluding hydrogens is 284 g/mol. The number of halogens is 1. The first-order valence-corrected chi connectivity index (χ1v) is 6.35. The summed E-state index contributed by atoms with van der Waals surface area (Å²) in [7, 11) is 1.76. The molecule has 0 saturated carbocycles. The van der Waals surface area contributed by atoms with Crippen molar-refractivity contribution in [3.05, 3.63) is 22.9 Å². The normalized spacial score (nSPS) is 20.4. The van der Waals surface area contributed by atoms with E-state index >= 15 is 0 Å². The van der Waals surface area contributed by atoms with Crippen molar-refractivity contribution >= 4 is 27.4 Å². The van der Waals surface area contributed by atoms with Crippen LogP contribution < -0.4 is 4.90 Å². The smallest absolute Gasteiger partial charge is 0.154 e. The first kappa shape index (κ1) is 11.0. The Labute approximate surface area is 108 Å². The van der Waals surface area contributed by atoms with Gasteiger partial charge in [-0.3, -0.25) is 0 Å². The van der Waals surface area contributed by atoms with E-state index in [1.165, 1.54) is 0 Å². The van der Waals surface area contributed by atoms with E-state index in [0.29, 0.717) is 6.10 Å². The summed E-state index contributed by atoms with van der Waals surface area (Å²) in [5, 5.41) is 4.56. The molecule has 1 fully saturated rings. The van der Waals surface area contributed by atoms with Crippen LogP contribution in [0.25, 0.3) is 5.65 Å². The summed E-state index contributed by atoms with van der Waals surface area (Å²) in [6, 6.07) is 3.99. The monoisotopic (exact) mass is 296 g/mol. The molecule has 2 aromatic heterocycles. The maximum absolute atomic E-state index is 5.36. The third-order valence-corrected chi connectivity index (χ3v) is 3.65. The summed E-state index contributed by atoms with van der Waals surface area (Å²) >= 11 is 3.43. The molecule has 0 unspecified atom stereocenters. The molecule has 1 atom stereocenters. The zero-order valence-corrected chi connectivity index (χ0v) is 11.1. The third kappa shape index (κ3) is 1.91. The minimum absolute atomic E-state index is 0.318. The van der Waals surface area contributed by atoms with Crippen LogP contribution in [-0.2, 0) is 4.74 Å². The number of methoxy groups -OCH3 is 1. The van der Waals surface area contributed by atoms with Crippen molar-refractivity contribution in [2.75, 3.05) is 25.1 Å². The molecule has 90 valence electrons. The second kappa shape index (κ2) is 4.27. The maximum atomic E-state index is 5.36. The van der Waals surface area contributed by atoms with Gasteiger partial charge in [-0.1, -0.05) is 0 Å². The van der Waals surface area contributed by atoms with Crippen LogP contribution in [0.3, 0.4) is 0 Å². The van der Waals surface area contributed by atoms with Crippen molar-refractivity contribution in [1.29, 1.82) is 0 Å². The molecule has 17 heavy (non-hydrogen) atoms. The molecule has 1 aliphatic rings. The molecule has 2 aromatic rings. The van der Waals surface area contributed by atoms with E-state index in [-0.39, 0.29) is 0 Å². The summed E-state index contributed by atoms with van der Waals surface area (Å²) in [6.45, 7) is 1.89. The van der Waals surface area contributed by atoms with Gasteiger partial charge in [0, 0.05) is 20.2 Å². The summed E-state index contributed by atoms with van der Waals surface area (Å²) in [5.74, 6) is 0.968. The van der Waals surface area contributed by atoms with E-state index in [1.807, 2.05) is 12.1 Å². The Hall–Kier alpha value is -1.14. The highest BCUT2D eigenvalue weighted by Crippen LogP contribution is 2.21. The first-order chi connectivity index (χ1) is 8.28. The Balaban J connectivity index is 1.93. The Bertz CT molecular complexity index is 541. The summed E-state index contributed by atoms with van der Waals surface area (Å²) in [6.07, 6.45) is 3.13. The summed E-state index contributed by atoms with van der Waals surface area (Å²) in [4.78, 5) is 6.46. The van der Waals surface area contributed by atoms with Gasteiger partial charge in [-0.2, -0.15) is 0 Å². The highest BCUT2D eigenvalue weighted by molar-refractivity contribution is 9.10. The fourth-order valence-corrected chi connectivity index (χ4v) is 2.50. The summed E-state index contributed by atoms with van der Waals surface area (Å²) in [5.41, 5.74) is 0.850. The number of rotatable bonds is 2. The number of fused-ring (bicyclic) bond motifs is 1. The second-order valence-corrected chi connectivity index (χ2v) is 4.95. The molecule has 6 heteroatoms. The lowest BCUT2D eigenvalue weighted by Crippen LogP contribution is -2.23. The number of imidazole rings is 1. The van der Waals surface area contributed by atoms with Crippen LogP contribution >= 0.6 is 15.9 Å². The van der Waals surface area contributed by atoms with Gasteiger partial charge in [0.25, 0.3) is 0 Å². The minimum Gasteiger partial charge on any atom is -0.380 e. The predicted molar refractivity (Wildman–Crippen MR) is 68.3 cm³/mol. The highest BCUT2D eigenvalue weighted by Gasteiger charge is 2.23. The average molecular weight is 297 g/mol. The Morgan fingerprint density at radius 1 is 1.47 bits per heavy atom. The van der Waals surface area contributed by atoms with Gasteiger partial charge in [0.05, 0.1) is 12.3 Å². The first-order valence-electron chi connectivity index (χ1n) is 5.56. The molecule has 0 aliphatic carbocycles. The van der Waals surface area contributed by atoms with E-state index in [4.69, 9.17) is 4.74 Å². The number of hydrogen-bond acceptors (Lipinski definition) is 4. The Morgan fingerprint density at radius 2 is 2.35 bits per heavy atom. The van der Waals surface area contributed by atoms with Gasteiger partial charge in [0.1, 0.15) is 10.4 Å². The molecule has 0 spiro atoms. The van der Waals surface area contributed by atoms with E-state index in [1.54, 1.807) is 17.8 Å². The number of anilines is 1. The number of aromatic nitrogens is 3. The van der Waals surface area contributed by atoms with Gasteiger partial charge < -0.3 is 9.64 Å². The van der Waals surface area contributed by atoms with Crippen LogP contribution in [0.1, 0.15) is 6.42 Å². The maximum Gasteiger partial charge on any atom is 0.154 e. The van der Waals surface area contributed by atoms with E-state index in [0.717, 1.165) is 35.6 Å². The molecule has 1 saturated heterocycles.